The Morgan fingerprint density at radius 1 is 1.35 bits per heavy atom. The first-order valence-electron chi connectivity index (χ1n) is 10.2. The molecule has 9 heteroatoms. The predicted molar refractivity (Wildman–Crippen MR) is 126 cm³/mol. The van der Waals surface area contributed by atoms with Crippen molar-refractivity contribution >= 4 is 40.7 Å². The lowest BCUT2D eigenvalue weighted by Crippen LogP contribution is -2.41. The van der Waals surface area contributed by atoms with E-state index >= 15 is 0 Å². The van der Waals surface area contributed by atoms with Crippen molar-refractivity contribution in [2.24, 2.45) is 4.99 Å². The van der Waals surface area contributed by atoms with Crippen LogP contribution >= 0.6 is 23.2 Å². The third-order valence-electron chi connectivity index (χ3n) is 5.12. The number of ether oxygens (including phenoxy) is 1. The number of nitrogens with one attached hydrogen (secondary N) is 1. The number of pyridine rings is 1. The van der Waals surface area contributed by atoms with Gasteiger partial charge in [-0.05, 0) is 62.7 Å². The summed E-state index contributed by atoms with van der Waals surface area (Å²) in [5, 5.41) is 13.1. The largest absolute Gasteiger partial charge is 0.473 e. The van der Waals surface area contributed by atoms with E-state index in [0.29, 0.717) is 33.4 Å². The van der Waals surface area contributed by atoms with Gasteiger partial charge in [-0.15, -0.1) is 4.99 Å². The predicted octanol–water partition coefficient (Wildman–Crippen LogP) is 4.95. The molecule has 1 aliphatic rings. The molecule has 0 spiro atoms. The number of halogens is 2. The average molecular weight is 461 g/mol. The minimum absolute atomic E-state index is 0.114. The molecule has 7 nitrogen and oxygen atoms in total. The van der Waals surface area contributed by atoms with E-state index in [9.17, 15) is 5.26 Å². The van der Waals surface area contributed by atoms with Gasteiger partial charge in [-0.1, -0.05) is 30.1 Å². The topological polar surface area (TPSA) is 76.8 Å². The SMILES string of the molecule is CCN1CCCC(Oc2cc(C)cc(N(C)/C(=N\C#N)Nc3ccc(Cl)c(Cl)c3)n2)C1. The van der Waals surface area contributed by atoms with Crippen LogP contribution in [0.4, 0.5) is 11.5 Å². The van der Waals surface area contributed by atoms with Crippen LogP contribution in [0.25, 0.3) is 0 Å². The Hall–Kier alpha value is -2.53. The van der Waals surface area contributed by atoms with Crippen LogP contribution in [0.2, 0.25) is 10.0 Å². The quantitative estimate of drug-likeness (QED) is 0.386. The number of aromatic nitrogens is 1. The van der Waals surface area contributed by atoms with E-state index in [1.165, 1.54) is 0 Å². The van der Waals surface area contributed by atoms with Crippen molar-refractivity contribution in [2.75, 3.05) is 36.9 Å². The van der Waals surface area contributed by atoms with Gasteiger partial charge in [0, 0.05) is 25.3 Å². The van der Waals surface area contributed by atoms with Crippen LogP contribution in [0.5, 0.6) is 5.88 Å². The molecule has 1 N–H and O–H groups in total. The molecular formula is C22H26Cl2N6O. The van der Waals surface area contributed by atoms with Crippen LogP contribution in [-0.4, -0.2) is 48.6 Å². The molecular weight excluding hydrogens is 435 g/mol. The van der Waals surface area contributed by atoms with Crippen LogP contribution in [0.1, 0.15) is 25.3 Å². The number of anilines is 2. The highest BCUT2D eigenvalue weighted by molar-refractivity contribution is 6.42. The smallest absolute Gasteiger partial charge is 0.219 e. The summed E-state index contributed by atoms with van der Waals surface area (Å²) >= 11 is 12.1. The molecule has 0 aliphatic carbocycles. The summed E-state index contributed by atoms with van der Waals surface area (Å²) in [4.78, 5) is 12.7. The van der Waals surface area contributed by atoms with Crippen LogP contribution in [0, 0.1) is 18.4 Å². The third kappa shape index (κ3) is 6.23. The van der Waals surface area contributed by atoms with E-state index in [0.717, 1.165) is 38.0 Å². The van der Waals surface area contributed by atoms with Crippen LogP contribution in [-0.2, 0) is 0 Å². The van der Waals surface area contributed by atoms with Gasteiger partial charge in [-0.3, -0.25) is 9.80 Å². The molecule has 0 radical (unpaired) electrons. The fourth-order valence-corrected chi connectivity index (χ4v) is 3.76. The van der Waals surface area contributed by atoms with Gasteiger partial charge < -0.3 is 10.1 Å². The number of likely N-dealkylation sites (N-methyl/N-ethyl adjacent to an activating group) is 1. The second kappa shape index (κ2) is 10.7. The van der Waals surface area contributed by atoms with Gasteiger partial charge >= 0.3 is 0 Å². The summed E-state index contributed by atoms with van der Waals surface area (Å²) in [5.74, 6) is 1.48. The first-order valence-corrected chi connectivity index (χ1v) is 11.0. The van der Waals surface area contributed by atoms with Gasteiger partial charge in [-0.25, -0.2) is 0 Å². The Morgan fingerprint density at radius 2 is 2.16 bits per heavy atom. The molecule has 1 aromatic carbocycles. The summed E-state index contributed by atoms with van der Waals surface area (Å²) in [5.41, 5.74) is 1.65. The number of likely N-dealkylation sites (tertiary alicyclic amines) is 1. The fraction of sp³-hybridized carbons (Fsp3) is 0.409. The molecule has 164 valence electrons. The Morgan fingerprint density at radius 3 is 2.87 bits per heavy atom. The van der Waals surface area contributed by atoms with Crippen molar-refractivity contribution in [1.82, 2.24) is 9.88 Å². The zero-order chi connectivity index (χ0) is 22.4. The van der Waals surface area contributed by atoms with Crippen molar-refractivity contribution in [3.05, 3.63) is 45.9 Å². The van der Waals surface area contributed by atoms with E-state index in [-0.39, 0.29) is 6.10 Å². The molecule has 1 unspecified atom stereocenters. The maximum absolute atomic E-state index is 9.18. The van der Waals surface area contributed by atoms with Gasteiger partial charge in [0.15, 0.2) is 0 Å². The van der Waals surface area contributed by atoms with Crippen molar-refractivity contribution in [3.8, 4) is 12.1 Å². The zero-order valence-electron chi connectivity index (χ0n) is 17.9. The van der Waals surface area contributed by atoms with Gasteiger partial charge in [-0.2, -0.15) is 10.2 Å². The van der Waals surface area contributed by atoms with E-state index in [4.69, 9.17) is 27.9 Å². The highest BCUT2D eigenvalue weighted by Crippen LogP contribution is 2.26. The molecule has 1 aliphatic heterocycles. The normalized spacial score (nSPS) is 17.2. The number of hydrogen-bond donors (Lipinski definition) is 1. The van der Waals surface area contributed by atoms with Gasteiger partial charge in [0.05, 0.1) is 10.0 Å². The maximum atomic E-state index is 9.18. The summed E-state index contributed by atoms with van der Waals surface area (Å²) in [7, 11) is 1.78. The molecule has 0 amide bonds. The van der Waals surface area contributed by atoms with Crippen LogP contribution < -0.4 is 15.0 Å². The van der Waals surface area contributed by atoms with E-state index in [1.807, 2.05) is 25.2 Å². The van der Waals surface area contributed by atoms with Crippen molar-refractivity contribution < 1.29 is 4.74 Å². The molecule has 2 heterocycles. The first kappa shape index (κ1) is 23.1. The molecule has 1 saturated heterocycles. The third-order valence-corrected chi connectivity index (χ3v) is 5.86. The zero-order valence-corrected chi connectivity index (χ0v) is 19.4. The molecule has 3 rings (SSSR count). The Labute approximate surface area is 193 Å². The van der Waals surface area contributed by atoms with Crippen molar-refractivity contribution in [2.45, 2.75) is 32.8 Å². The highest BCUT2D eigenvalue weighted by atomic mass is 35.5. The van der Waals surface area contributed by atoms with Crippen LogP contribution in [0.15, 0.2) is 35.3 Å². The number of nitrogens with zero attached hydrogens (tertiary/aromatic N) is 5. The monoisotopic (exact) mass is 460 g/mol. The number of nitriles is 1. The number of rotatable bonds is 5. The van der Waals surface area contributed by atoms with E-state index in [1.54, 1.807) is 30.1 Å². The molecule has 1 aromatic heterocycles. The number of benzene rings is 1. The lowest BCUT2D eigenvalue weighted by atomic mass is 10.1. The molecule has 0 bridgehead atoms. The van der Waals surface area contributed by atoms with E-state index < -0.39 is 0 Å². The van der Waals surface area contributed by atoms with Crippen molar-refractivity contribution in [1.29, 1.82) is 5.26 Å². The lowest BCUT2D eigenvalue weighted by molar-refractivity contribution is 0.0883. The second-order valence-electron chi connectivity index (χ2n) is 7.46. The Balaban J connectivity index is 1.80. The summed E-state index contributed by atoms with van der Waals surface area (Å²) in [6.07, 6.45) is 4.07. The molecule has 2 aromatic rings. The van der Waals surface area contributed by atoms with E-state index in [2.05, 4.69) is 27.1 Å². The van der Waals surface area contributed by atoms with Gasteiger partial charge in [0.1, 0.15) is 11.9 Å². The number of piperidine rings is 1. The summed E-state index contributed by atoms with van der Waals surface area (Å²) < 4.78 is 6.21. The summed E-state index contributed by atoms with van der Waals surface area (Å²) in [6, 6.07) is 8.95. The minimum Gasteiger partial charge on any atom is -0.473 e. The second-order valence-corrected chi connectivity index (χ2v) is 8.28. The molecule has 1 atom stereocenters. The minimum atomic E-state index is 0.114. The standard InChI is InChI=1S/C22H26Cl2N6O/c1-4-30-9-5-6-17(13-30)31-21-11-15(2)10-20(28-21)29(3)22(26-14-25)27-16-7-8-18(23)19(24)12-16/h7-8,10-12,17H,4-6,9,13H2,1-3H3,(H,26,27). The average Bonchev–Trinajstić information content (AvgIpc) is 2.75. The number of hydrogen-bond acceptors (Lipinski definition) is 5. The molecule has 1 fully saturated rings. The molecule has 0 saturated carbocycles. The van der Waals surface area contributed by atoms with Gasteiger partial charge in [0.25, 0.3) is 0 Å². The maximum Gasteiger partial charge on any atom is 0.219 e. The first-order chi connectivity index (χ1) is 14.9. The number of guanidine groups is 1. The highest BCUT2D eigenvalue weighted by Gasteiger charge is 2.21. The lowest BCUT2D eigenvalue weighted by Gasteiger charge is -2.32. The fourth-order valence-electron chi connectivity index (χ4n) is 3.46. The van der Waals surface area contributed by atoms with Gasteiger partial charge in [0.2, 0.25) is 18.0 Å². The van der Waals surface area contributed by atoms with Crippen molar-refractivity contribution in [3.63, 3.8) is 0 Å². The number of aryl methyl sites for hydroxylation is 1. The Bertz CT molecular complexity index is 990. The molecule has 31 heavy (non-hydrogen) atoms. The van der Waals surface area contributed by atoms with Crippen LogP contribution in [0.3, 0.4) is 0 Å². The summed E-state index contributed by atoms with van der Waals surface area (Å²) in [6.45, 7) is 7.18. The Kier molecular flexibility index (Phi) is 7.97. The number of aliphatic imine (C=N–C) groups is 1.